The molecule has 1 aromatic heterocycles. The summed E-state index contributed by atoms with van der Waals surface area (Å²) in [5, 5.41) is 1.79. The molecule has 37 heavy (non-hydrogen) atoms. The Morgan fingerprint density at radius 2 is 2.00 bits per heavy atom. The van der Waals surface area contributed by atoms with Crippen molar-refractivity contribution in [1.29, 1.82) is 0 Å². The maximum atomic E-state index is 14.9. The van der Waals surface area contributed by atoms with Crippen LogP contribution in [-0.4, -0.2) is 63.1 Å². The first-order valence-electron chi connectivity index (χ1n) is 11.6. The number of alkyl halides is 1. The number of amides is 3. The first kappa shape index (κ1) is 26.4. The average molecular weight is 531 g/mol. The Morgan fingerprint density at radius 1 is 1.24 bits per heavy atom. The predicted octanol–water partition coefficient (Wildman–Crippen LogP) is 4.63. The third-order valence-corrected chi connectivity index (χ3v) is 6.21. The van der Waals surface area contributed by atoms with Crippen LogP contribution in [0.15, 0.2) is 35.5 Å². The molecule has 2 aliphatic rings. The molecule has 0 bridgehead atoms. The fraction of sp³-hybridized carbons (Fsp3) is 0.400. The van der Waals surface area contributed by atoms with Crippen molar-refractivity contribution >= 4 is 35.1 Å². The second kappa shape index (κ2) is 10.8. The van der Waals surface area contributed by atoms with Gasteiger partial charge < -0.3 is 19.1 Å². The monoisotopic (exact) mass is 530 g/mol. The molecular formula is C25H27FN4O6S. The number of aromatic nitrogens is 2. The molecule has 12 heteroatoms. The van der Waals surface area contributed by atoms with E-state index < -0.39 is 35.1 Å². The summed E-state index contributed by atoms with van der Waals surface area (Å²) in [5.41, 5.74) is 0.471. The number of nitrogens with zero attached hydrogens (tertiary/aromatic N) is 3. The van der Waals surface area contributed by atoms with Gasteiger partial charge in [0, 0.05) is 13.0 Å². The van der Waals surface area contributed by atoms with Crippen molar-refractivity contribution < 1.29 is 33.0 Å². The number of imide groups is 1. The van der Waals surface area contributed by atoms with Crippen molar-refractivity contribution in [3.8, 4) is 17.5 Å². The second-order valence-electron chi connectivity index (χ2n) is 9.52. The van der Waals surface area contributed by atoms with Crippen molar-refractivity contribution in [2.45, 2.75) is 52.0 Å². The van der Waals surface area contributed by atoms with Gasteiger partial charge in [-0.25, -0.2) is 19.2 Å². The van der Waals surface area contributed by atoms with Crippen LogP contribution in [-0.2, 0) is 9.53 Å². The second-order valence-corrected chi connectivity index (χ2v) is 10.5. The Labute approximate surface area is 217 Å². The van der Waals surface area contributed by atoms with Gasteiger partial charge in [0.2, 0.25) is 11.8 Å². The van der Waals surface area contributed by atoms with Gasteiger partial charge in [0.1, 0.15) is 23.8 Å². The van der Waals surface area contributed by atoms with Crippen LogP contribution in [0.2, 0.25) is 0 Å². The number of ether oxygens (including phenoxy) is 3. The van der Waals surface area contributed by atoms with E-state index in [1.54, 1.807) is 58.0 Å². The van der Waals surface area contributed by atoms with E-state index in [1.807, 2.05) is 0 Å². The van der Waals surface area contributed by atoms with E-state index >= 15 is 0 Å². The van der Waals surface area contributed by atoms with E-state index in [0.29, 0.717) is 16.9 Å². The smallest absolute Gasteiger partial charge is 0.410 e. The normalized spacial score (nSPS) is 21.1. The van der Waals surface area contributed by atoms with Crippen molar-refractivity contribution in [1.82, 2.24) is 20.2 Å². The van der Waals surface area contributed by atoms with Crippen LogP contribution in [0.1, 0.15) is 38.3 Å². The highest BCUT2D eigenvalue weighted by molar-refractivity contribution is 8.18. The lowest BCUT2D eigenvalue weighted by atomic mass is 10.1. The van der Waals surface area contributed by atoms with Crippen molar-refractivity contribution in [3.63, 3.8) is 0 Å². The van der Waals surface area contributed by atoms with E-state index in [0.717, 1.165) is 11.8 Å². The van der Waals surface area contributed by atoms with Gasteiger partial charge in [-0.3, -0.25) is 14.9 Å². The molecule has 2 atom stereocenters. The molecular weight excluding hydrogens is 503 g/mol. The van der Waals surface area contributed by atoms with Gasteiger partial charge >= 0.3 is 6.09 Å². The minimum Gasteiger partial charge on any atom is -0.471 e. The molecule has 2 fully saturated rings. The topological polar surface area (TPSA) is 120 Å². The van der Waals surface area contributed by atoms with Gasteiger partial charge in [-0.05, 0) is 63.2 Å². The van der Waals surface area contributed by atoms with Crippen molar-refractivity contribution in [3.05, 3.63) is 46.6 Å². The van der Waals surface area contributed by atoms with Crippen LogP contribution in [0.25, 0.3) is 6.08 Å². The molecule has 3 amide bonds. The highest BCUT2D eigenvalue weighted by atomic mass is 32.2. The zero-order valence-electron chi connectivity index (χ0n) is 20.8. The van der Waals surface area contributed by atoms with E-state index in [9.17, 15) is 18.8 Å². The molecule has 196 valence electrons. The molecule has 4 rings (SSSR count). The summed E-state index contributed by atoms with van der Waals surface area (Å²) >= 11 is 0.827. The van der Waals surface area contributed by atoms with Gasteiger partial charge in [0.25, 0.3) is 11.1 Å². The standard InChI is InChI=1S/C25H27FN4O6S/c1-14-21(34-16-7-5-6-15(10-16)11-19-20(31)29-23(32)37-19)27-13-28-22(14)35-18-8-9-30(12-17(18)26)24(33)36-25(2,3)4/h5-7,10-11,13,17-18H,8-9,12H2,1-4H3,(H,29,31,32)/b19-11+/t17-,18+/m1/s1. The third kappa shape index (κ3) is 6.76. The molecule has 2 aliphatic heterocycles. The minimum absolute atomic E-state index is 0.142. The SMILES string of the molecule is Cc1c(Oc2cccc(/C=C3/SC(=O)NC3=O)c2)ncnc1O[C@H]1CCN(C(=O)OC(C)(C)C)C[C@H]1F. The lowest BCUT2D eigenvalue weighted by molar-refractivity contribution is -0.115. The first-order chi connectivity index (χ1) is 17.5. The number of likely N-dealkylation sites (tertiary alicyclic amines) is 1. The third-order valence-electron chi connectivity index (χ3n) is 5.40. The largest absolute Gasteiger partial charge is 0.471 e. The predicted molar refractivity (Wildman–Crippen MR) is 134 cm³/mol. The zero-order valence-corrected chi connectivity index (χ0v) is 21.6. The molecule has 0 aliphatic carbocycles. The Balaban J connectivity index is 1.42. The summed E-state index contributed by atoms with van der Waals surface area (Å²) < 4.78 is 32.0. The van der Waals surface area contributed by atoms with E-state index in [4.69, 9.17) is 14.2 Å². The summed E-state index contributed by atoms with van der Waals surface area (Å²) in [6.07, 6.45) is 0.335. The van der Waals surface area contributed by atoms with E-state index in [2.05, 4.69) is 15.3 Å². The maximum Gasteiger partial charge on any atom is 0.410 e. The fourth-order valence-corrected chi connectivity index (χ4v) is 4.33. The molecule has 0 radical (unpaired) electrons. The molecule has 0 saturated carbocycles. The first-order valence-corrected chi connectivity index (χ1v) is 12.4. The summed E-state index contributed by atoms with van der Waals surface area (Å²) in [7, 11) is 0. The molecule has 10 nitrogen and oxygen atoms in total. The molecule has 0 unspecified atom stereocenters. The van der Waals surface area contributed by atoms with Crippen LogP contribution in [0, 0.1) is 6.92 Å². The Hall–Kier alpha value is -3.67. The van der Waals surface area contributed by atoms with Crippen molar-refractivity contribution in [2.75, 3.05) is 13.1 Å². The highest BCUT2D eigenvalue weighted by Crippen LogP contribution is 2.31. The number of piperidine rings is 1. The van der Waals surface area contributed by atoms with Gasteiger partial charge in [-0.15, -0.1) is 0 Å². The quantitative estimate of drug-likeness (QED) is 0.552. The molecule has 0 spiro atoms. The number of thioether (sulfide) groups is 1. The van der Waals surface area contributed by atoms with Gasteiger partial charge in [-0.2, -0.15) is 0 Å². The van der Waals surface area contributed by atoms with Crippen LogP contribution < -0.4 is 14.8 Å². The van der Waals surface area contributed by atoms with E-state index in [-0.39, 0.29) is 36.2 Å². The summed E-state index contributed by atoms with van der Waals surface area (Å²) in [6.45, 7) is 7.12. The van der Waals surface area contributed by atoms with Crippen LogP contribution in [0.3, 0.4) is 0 Å². The molecule has 2 aromatic rings. The summed E-state index contributed by atoms with van der Waals surface area (Å²) in [5.74, 6) is 0.391. The van der Waals surface area contributed by atoms with Crippen LogP contribution in [0.4, 0.5) is 14.0 Å². The molecule has 2 saturated heterocycles. The summed E-state index contributed by atoms with van der Waals surface area (Å²) in [4.78, 5) is 45.4. The number of benzene rings is 1. The van der Waals surface area contributed by atoms with Gasteiger partial charge in [-0.1, -0.05) is 12.1 Å². The number of halogens is 1. The number of hydrogen-bond acceptors (Lipinski definition) is 9. The molecule has 1 N–H and O–H groups in total. The highest BCUT2D eigenvalue weighted by Gasteiger charge is 2.35. The Bertz CT molecular complexity index is 1250. The number of rotatable bonds is 5. The lowest BCUT2D eigenvalue weighted by Gasteiger charge is -2.35. The lowest BCUT2D eigenvalue weighted by Crippen LogP contribution is -2.50. The number of carbonyl (C=O) groups excluding carboxylic acids is 3. The maximum absolute atomic E-state index is 14.9. The van der Waals surface area contributed by atoms with Crippen LogP contribution in [0.5, 0.6) is 17.5 Å². The van der Waals surface area contributed by atoms with E-state index in [1.165, 1.54) is 11.2 Å². The van der Waals surface area contributed by atoms with Crippen molar-refractivity contribution in [2.24, 2.45) is 0 Å². The number of hydrogen-bond donors (Lipinski definition) is 1. The van der Waals surface area contributed by atoms with Gasteiger partial charge in [0.05, 0.1) is 17.0 Å². The Morgan fingerprint density at radius 3 is 2.68 bits per heavy atom. The Kier molecular flexibility index (Phi) is 7.67. The van der Waals surface area contributed by atoms with Crippen LogP contribution >= 0.6 is 11.8 Å². The number of carbonyl (C=O) groups is 3. The molecule has 3 heterocycles. The minimum atomic E-state index is -1.43. The summed E-state index contributed by atoms with van der Waals surface area (Å²) in [6, 6.07) is 6.90. The zero-order chi connectivity index (χ0) is 26.7. The van der Waals surface area contributed by atoms with Gasteiger partial charge in [0.15, 0.2) is 6.17 Å². The molecule has 1 aromatic carbocycles. The average Bonchev–Trinajstić information content (AvgIpc) is 3.13. The number of nitrogens with one attached hydrogen (secondary N) is 1. The fourth-order valence-electron chi connectivity index (χ4n) is 3.64.